The van der Waals surface area contributed by atoms with Crippen LogP contribution in [0.1, 0.15) is 35.9 Å². The van der Waals surface area contributed by atoms with E-state index >= 15 is 0 Å². The highest BCUT2D eigenvalue weighted by Crippen LogP contribution is 2.36. The van der Waals surface area contributed by atoms with Gasteiger partial charge in [0.1, 0.15) is 5.01 Å². The Morgan fingerprint density at radius 2 is 2.12 bits per heavy atom. The van der Waals surface area contributed by atoms with Crippen molar-refractivity contribution in [3.63, 3.8) is 0 Å². The number of piperidine rings is 1. The number of pyridine rings is 1. The predicted octanol–water partition coefficient (Wildman–Crippen LogP) is 3.72. The van der Waals surface area contributed by atoms with Crippen molar-refractivity contribution >= 4 is 21.6 Å². The highest BCUT2D eigenvalue weighted by Gasteiger charge is 2.26. The molecule has 3 heterocycles. The van der Waals surface area contributed by atoms with Crippen LogP contribution in [0.4, 0.5) is 0 Å². The lowest BCUT2D eigenvalue weighted by Crippen LogP contribution is -2.33. The van der Waals surface area contributed by atoms with Crippen molar-refractivity contribution in [2.45, 2.75) is 31.8 Å². The molecule has 0 spiro atoms. The molecule has 0 saturated carbocycles. The molecule has 0 unspecified atom stereocenters. The molecule has 1 aliphatic heterocycles. The Morgan fingerprint density at radius 3 is 2.96 bits per heavy atom. The van der Waals surface area contributed by atoms with E-state index in [0.717, 1.165) is 30.6 Å². The zero-order valence-corrected chi connectivity index (χ0v) is 14.6. The number of aromatic nitrogens is 2. The van der Waals surface area contributed by atoms with Crippen LogP contribution >= 0.6 is 11.3 Å². The molecule has 2 aromatic heterocycles. The maximum absolute atomic E-state index is 11.9. The number of nitrogens with zero attached hydrogens (tertiary/aromatic N) is 3. The molecule has 24 heavy (non-hydrogen) atoms. The van der Waals surface area contributed by atoms with Crippen LogP contribution in [-0.2, 0) is 13.6 Å². The molecule has 4 rings (SSSR count). The van der Waals surface area contributed by atoms with Gasteiger partial charge in [0.05, 0.1) is 16.3 Å². The first-order valence-electron chi connectivity index (χ1n) is 8.46. The van der Waals surface area contributed by atoms with E-state index in [2.05, 4.69) is 23.1 Å². The Labute approximate surface area is 145 Å². The number of likely N-dealkylation sites (tertiary alicyclic amines) is 1. The summed E-state index contributed by atoms with van der Waals surface area (Å²) in [5.74, 6) is 0. The average molecular weight is 339 g/mol. The molecule has 3 aromatic rings. The van der Waals surface area contributed by atoms with E-state index in [1.807, 2.05) is 18.3 Å². The van der Waals surface area contributed by atoms with Crippen molar-refractivity contribution in [1.82, 2.24) is 14.5 Å². The third kappa shape index (κ3) is 3.01. The maximum atomic E-state index is 11.9. The van der Waals surface area contributed by atoms with Crippen molar-refractivity contribution in [1.29, 1.82) is 0 Å². The van der Waals surface area contributed by atoms with Crippen LogP contribution in [0.2, 0.25) is 0 Å². The molecule has 1 saturated heterocycles. The normalized spacial score (nSPS) is 19.0. The van der Waals surface area contributed by atoms with Crippen LogP contribution in [0.3, 0.4) is 0 Å². The van der Waals surface area contributed by atoms with Gasteiger partial charge in [0.15, 0.2) is 0 Å². The molecule has 1 aliphatic rings. The minimum Gasteiger partial charge on any atom is -0.319 e. The van der Waals surface area contributed by atoms with E-state index in [1.165, 1.54) is 22.5 Å². The minimum absolute atomic E-state index is 0.0565. The Kier molecular flexibility index (Phi) is 4.21. The lowest BCUT2D eigenvalue weighted by atomic mass is 10.0. The van der Waals surface area contributed by atoms with E-state index in [-0.39, 0.29) is 5.56 Å². The maximum Gasteiger partial charge on any atom is 0.250 e. The standard InChI is InChI=1S/C19H21N3OS/c1-21-11-9-14(12-18(21)23)13-22-10-5-4-7-16(22)19-20-15-6-2-3-8-17(15)24-19/h2-3,6,8-9,11-12,16H,4-5,7,10,13H2,1H3/t16-/m0/s1. The van der Waals surface area contributed by atoms with Crippen molar-refractivity contribution in [2.24, 2.45) is 7.05 Å². The molecule has 0 N–H and O–H groups in total. The molecule has 0 bridgehead atoms. The molecule has 5 heteroatoms. The summed E-state index contributed by atoms with van der Waals surface area (Å²) in [4.78, 5) is 19.2. The molecule has 1 atom stereocenters. The average Bonchev–Trinajstić information content (AvgIpc) is 3.02. The van der Waals surface area contributed by atoms with Crippen LogP contribution in [0.5, 0.6) is 0 Å². The fourth-order valence-corrected chi connectivity index (χ4v) is 4.55. The molecule has 1 fully saturated rings. The summed E-state index contributed by atoms with van der Waals surface area (Å²) in [6.07, 6.45) is 5.46. The molecule has 124 valence electrons. The van der Waals surface area contributed by atoms with Crippen LogP contribution in [-0.4, -0.2) is 21.0 Å². The number of para-hydroxylation sites is 1. The SMILES string of the molecule is Cn1ccc(CN2CCCC[C@H]2c2nc3ccccc3s2)cc1=O. The van der Waals surface area contributed by atoms with Gasteiger partial charge in [-0.05, 0) is 43.1 Å². The second-order valence-electron chi connectivity index (χ2n) is 6.49. The van der Waals surface area contributed by atoms with Gasteiger partial charge < -0.3 is 4.57 Å². The van der Waals surface area contributed by atoms with Gasteiger partial charge in [0.25, 0.3) is 5.56 Å². The van der Waals surface area contributed by atoms with E-state index in [4.69, 9.17) is 4.98 Å². The van der Waals surface area contributed by atoms with E-state index in [9.17, 15) is 4.79 Å². The molecule has 4 nitrogen and oxygen atoms in total. The highest BCUT2D eigenvalue weighted by atomic mass is 32.1. The number of rotatable bonds is 3. The van der Waals surface area contributed by atoms with E-state index in [0.29, 0.717) is 6.04 Å². The number of thiazole rings is 1. The second-order valence-corrected chi connectivity index (χ2v) is 7.55. The van der Waals surface area contributed by atoms with Gasteiger partial charge in [-0.1, -0.05) is 18.6 Å². The molecule has 0 amide bonds. The lowest BCUT2D eigenvalue weighted by Gasteiger charge is -2.34. The summed E-state index contributed by atoms with van der Waals surface area (Å²) in [6, 6.07) is 12.5. The first kappa shape index (κ1) is 15.5. The first-order chi connectivity index (χ1) is 11.7. The van der Waals surface area contributed by atoms with E-state index < -0.39 is 0 Å². The lowest BCUT2D eigenvalue weighted by molar-refractivity contribution is 0.140. The van der Waals surface area contributed by atoms with Gasteiger partial charge in [0, 0.05) is 25.9 Å². The van der Waals surface area contributed by atoms with Gasteiger partial charge in [-0.15, -0.1) is 11.3 Å². The van der Waals surface area contributed by atoms with Crippen LogP contribution in [0.25, 0.3) is 10.2 Å². The van der Waals surface area contributed by atoms with Gasteiger partial charge in [-0.2, -0.15) is 0 Å². The van der Waals surface area contributed by atoms with Crippen molar-refractivity contribution in [3.8, 4) is 0 Å². The Bertz CT molecular complexity index is 881. The number of fused-ring (bicyclic) bond motifs is 1. The van der Waals surface area contributed by atoms with Crippen molar-refractivity contribution in [3.05, 3.63) is 63.5 Å². The van der Waals surface area contributed by atoms with Gasteiger partial charge >= 0.3 is 0 Å². The van der Waals surface area contributed by atoms with E-state index in [1.54, 1.807) is 29.0 Å². The number of benzene rings is 1. The molecule has 1 aromatic carbocycles. The van der Waals surface area contributed by atoms with Crippen LogP contribution < -0.4 is 5.56 Å². The number of aryl methyl sites for hydroxylation is 1. The minimum atomic E-state index is 0.0565. The Hall–Kier alpha value is -1.98. The summed E-state index contributed by atoms with van der Waals surface area (Å²) in [7, 11) is 1.79. The number of hydrogen-bond acceptors (Lipinski definition) is 4. The van der Waals surface area contributed by atoms with Gasteiger partial charge in [0.2, 0.25) is 0 Å². The third-order valence-corrected chi connectivity index (χ3v) is 5.90. The molecular weight excluding hydrogens is 318 g/mol. The fourth-order valence-electron chi connectivity index (χ4n) is 3.41. The zero-order valence-electron chi connectivity index (χ0n) is 13.8. The van der Waals surface area contributed by atoms with Crippen LogP contribution in [0, 0.1) is 0 Å². The topological polar surface area (TPSA) is 38.1 Å². The summed E-state index contributed by atoms with van der Waals surface area (Å²) in [5, 5.41) is 1.21. The molecule has 0 radical (unpaired) electrons. The van der Waals surface area contributed by atoms with Crippen LogP contribution in [0.15, 0.2) is 47.4 Å². The first-order valence-corrected chi connectivity index (χ1v) is 9.27. The Morgan fingerprint density at radius 1 is 1.25 bits per heavy atom. The third-order valence-electron chi connectivity index (χ3n) is 4.76. The fraction of sp³-hybridized carbons (Fsp3) is 0.368. The Balaban J connectivity index is 1.62. The largest absolute Gasteiger partial charge is 0.319 e. The monoisotopic (exact) mass is 339 g/mol. The number of hydrogen-bond donors (Lipinski definition) is 0. The highest BCUT2D eigenvalue weighted by molar-refractivity contribution is 7.18. The van der Waals surface area contributed by atoms with Crippen molar-refractivity contribution < 1.29 is 0 Å². The smallest absolute Gasteiger partial charge is 0.250 e. The second kappa shape index (κ2) is 6.49. The van der Waals surface area contributed by atoms with Crippen molar-refractivity contribution in [2.75, 3.05) is 6.54 Å². The molecular formula is C19H21N3OS. The zero-order chi connectivity index (χ0) is 16.5. The quantitative estimate of drug-likeness (QED) is 0.730. The predicted molar refractivity (Wildman–Crippen MR) is 98.3 cm³/mol. The summed E-state index contributed by atoms with van der Waals surface area (Å²) < 4.78 is 2.87. The summed E-state index contributed by atoms with van der Waals surface area (Å²) in [5.41, 5.74) is 2.24. The summed E-state index contributed by atoms with van der Waals surface area (Å²) >= 11 is 1.81. The van der Waals surface area contributed by atoms with Gasteiger partial charge in [-0.3, -0.25) is 9.69 Å². The molecule has 0 aliphatic carbocycles. The summed E-state index contributed by atoms with van der Waals surface area (Å²) in [6.45, 7) is 1.88. The van der Waals surface area contributed by atoms with Gasteiger partial charge in [-0.25, -0.2) is 4.98 Å².